The number of hydrazone groups is 1. The normalized spacial score (nSPS) is 10.6. The molecular weight excluding hydrogens is 304 g/mol. The van der Waals surface area contributed by atoms with Crippen LogP contribution in [0.3, 0.4) is 0 Å². The van der Waals surface area contributed by atoms with E-state index in [2.05, 4.69) is 17.5 Å². The zero-order valence-electron chi connectivity index (χ0n) is 14.0. The molecule has 0 aliphatic carbocycles. The highest BCUT2D eigenvalue weighted by Crippen LogP contribution is 2.12. The molecule has 0 fully saturated rings. The van der Waals surface area contributed by atoms with E-state index in [9.17, 15) is 4.79 Å². The van der Waals surface area contributed by atoms with Crippen LogP contribution in [0.4, 0.5) is 0 Å². The van der Waals surface area contributed by atoms with Gasteiger partial charge in [-0.25, -0.2) is 5.43 Å². The molecule has 0 aliphatic rings. The number of carbonyl (C=O) groups excluding carboxylic acids is 1. The van der Waals surface area contributed by atoms with Gasteiger partial charge in [0.1, 0.15) is 11.5 Å². The number of carbonyl (C=O) groups is 1. The van der Waals surface area contributed by atoms with Gasteiger partial charge in [-0.2, -0.15) is 5.10 Å². The summed E-state index contributed by atoms with van der Waals surface area (Å²) in [5.74, 6) is 1.43. The lowest BCUT2D eigenvalue weighted by molar-refractivity contribution is -0.120. The first-order chi connectivity index (χ1) is 11.7. The zero-order chi connectivity index (χ0) is 17.2. The molecule has 0 saturated carbocycles. The van der Waals surface area contributed by atoms with Crippen molar-refractivity contribution in [1.29, 1.82) is 0 Å². The molecule has 0 atom stereocenters. The van der Waals surface area contributed by atoms with Crippen molar-refractivity contribution in [2.24, 2.45) is 5.10 Å². The summed E-state index contributed by atoms with van der Waals surface area (Å²) >= 11 is 0. The van der Waals surface area contributed by atoms with Gasteiger partial charge in [0.05, 0.1) is 26.4 Å². The van der Waals surface area contributed by atoms with Crippen LogP contribution in [0.15, 0.2) is 53.6 Å². The summed E-state index contributed by atoms with van der Waals surface area (Å²) in [7, 11) is 1.61. The molecule has 126 valence electrons. The van der Waals surface area contributed by atoms with Gasteiger partial charge >= 0.3 is 0 Å². The van der Waals surface area contributed by atoms with Gasteiger partial charge < -0.3 is 9.47 Å². The van der Waals surface area contributed by atoms with Crippen LogP contribution in [0.25, 0.3) is 0 Å². The van der Waals surface area contributed by atoms with Gasteiger partial charge in [0.15, 0.2) is 0 Å². The molecule has 1 N–H and O–H groups in total. The number of hydrogen-bond acceptors (Lipinski definition) is 4. The third-order valence-electron chi connectivity index (χ3n) is 3.28. The Kier molecular flexibility index (Phi) is 6.83. The van der Waals surface area contributed by atoms with E-state index >= 15 is 0 Å². The first-order valence-corrected chi connectivity index (χ1v) is 7.89. The SMILES string of the molecule is CCCOc1ccc(C=NNC(=O)Cc2ccc(OC)cc2)cc1. The van der Waals surface area contributed by atoms with E-state index in [0.717, 1.165) is 29.0 Å². The van der Waals surface area contributed by atoms with Crippen LogP contribution in [0.1, 0.15) is 24.5 Å². The molecule has 0 aromatic heterocycles. The molecule has 0 spiro atoms. The van der Waals surface area contributed by atoms with Crippen LogP contribution in [-0.2, 0) is 11.2 Å². The molecule has 0 aliphatic heterocycles. The Morgan fingerprint density at radius 2 is 1.75 bits per heavy atom. The summed E-state index contributed by atoms with van der Waals surface area (Å²) in [4.78, 5) is 11.9. The summed E-state index contributed by atoms with van der Waals surface area (Å²) in [5.41, 5.74) is 4.32. The summed E-state index contributed by atoms with van der Waals surface area (Å²) in [5, 5.41) is 3.97. The lowest BCUT2D eigenvalue weighted by Gasteiger charge is -2.04. The summed E-state index contributed by atoms with van der Waals surface area (Å²) in [6.45, 7) is 2.77. The average Bonchev–Trinajstić information content (AvgIpc) is 2.61. The Morgan fingerprint density at radius 1 is 1.08 bits per heavy atom. The van der Waals surface area contributed by atoms with Crippen LogP contribution in [0.2, 0.25) is 0 Å². The Morgan fingerprint density at radius 3 is 2.38 bits per heavy atom. The summed E-state index contributed by atoms with van der Waals surface area (Å²) in [6, 6.07) is 14.9. The maximum Gasteiger partial charge on any atom is 0.244 e. The molecule has 24 heavy (non-hydrogen) atoms. The second-order valence-electron chi connectivity index (χ2n) is 5.24. The molecule has 5 nitrogen and oxygen atoms in total. The lowest BCUT2D eigenvalue weighted by atomic mass is 10.1. The fourth-order valence-electron chi connectivity index (χ4n) is 2.02. The number of rotatable bonds is 8. The minimum absolute atomic E-state index is 0.167. The third kappa shape index (κ3) is 5.76. The molecule has 0 heterocycles. The minimum atomic E-state index is -0.167. The van der Waals surface area contributed by atoms with E-state index < -0.39 is 0 Å². The predicted octanol–water partition coefficient (Wildman–Crippen LogP) is 3.18. The van der Waals surface area contributed by atoms with Crippen molar-refractivity contribution in [2.75, 3.05) is 13.7 Å². The molecule has 0 unspecified atom stereocenters. The summed E-state index contributed by atoms with van der Waals surface area (Å²) < 4.78 is 10.6. The average molecular weight is 326 g/mol. The topological polar surface area (TPSA) is 59.9 Å². The Labute approximate surface area is 142 Å². The van der Waals surface area contributed by atoms with E-state index in [1.54, 1.807) is 13.3 Å². The largest absolute Gasteiger partial charge is 0.497 e. The molecule has 2 aromatic rings. The fraction of sp³-hybridized carbons (Fsp3) is 0.263. The van der Waals surface area contributed by atoms with Crippen LogP contribution < -0.4 is 14.9 Å². The number of hydrogen-bond donors (Lipinski definition) is 1. The van der Waals surface area contributed by atoms with Crippen molar-refractivity contribution in [3.63, 3.8) is 0 Å². The monoisotopic (exact) mass is 326 g/mol. The quantitative estimate of drug-likeness (QED) is 0.599. The van der Waals surface area contributed by atoms with Crippen molar-refractivity contribution in [3.05, 3.63) is 59.7 Å². The van der Waals surface area contributed by atoms with E-state index in [1.165, 1.54) is 0 Å². The molecule has 2 aromatic carbocycles. The number of benzene rings is 2. The Balaban J connectivity index is 1.80. The second-order valence-corrected chi connectivity index (χ2v) is 5.24. The van der Waals surface area contributed by atoms with E-state index in [0.29, 0.717) is 6.61 Å². The molecule has 0 saturated heterocycles. The molecule has 1 amide bonds. The van der Waals surface area contributed by atoms with Gasteiger partial charge in [-0.15, -0.1) is 0 Å². The molecule has 2 rings (SSSR count). The lowest BCUT2D eigenvalue weighted by Crippen LogP contribution is -2.19. The first-order valence-electron chi connectivity index (χ1n) is 7.89. The maximum atomic E-state index is 11.9. The van der Waals surface area contributed by atoms with Gasteiger partial charge in [0.2, 0.25) is 5.91 Å². The number of nitrogens with zero attached hydrogens (tertiary/aromatic N) is 1. The highest BCUT2D eigenvalue weighted by molar-refractivity contribution is 5.83. The van der Waals surface area contributed by atoms with Gasteiger partial charge in [0.25, 0.3) is 0 Å². The highest BCUT2D eigenvalue weighted by Gasteiger charge is 2.02. The van der Waals surface area contributed by atoms with E-state index in [4.69, 9.17) is 9.47 Å². The van der Waals surface area contributed by atoms with Crippen LogP contribution >= 0.6 is 0 Å². The second kappa shape index (κ2) is 9.35. The number of ether oxygens (including phenoxy) is 2. The molecule has 5 heteroatoms. The highest BCUT2D eigenvalue weighted by atomic mass is 16.5. The van der Waals surface area contributed by atoms with Crippen molar-refractivity contribution >= 4 is 12.1 Å². The number of nitrogens with one attached hydrogen (secondary N) is 1. The molecular formula is C19H22N2O3. The smallest absolute Gasteiger partial charge is 0.244 e. The van der Waals surface area contributed by atoms with E-state index in [1.807, 2.05) is 48.5 Å². The van der Waals surface area contributed by atoms with E-state index in [-0.39, 0.29) is 12.3 Å². The van der Waals surface area contributed by atoms with Gasteiger partial charge in [-0.1, -0.05) is 19.1 Å². The van der Waals surface area contributed by atoms with Gasteiger partial charge in [-0.3, -0.25) is 4.79 Å². The van der Waals surface area contributed by atoms with Crippen molar-refractivity contribution in [2.45, 2.75) is 19.8 Å². The first kappa shape index (κ1) is 17.5. The minimum Gasteiger partial charge on any atom is -0.497 e. The third-order valence-corrected chi connectivity index (χ3v) is 3.28. The van der Waals surface area contributed by atoms with Crippen molar-refractivity contribution < 1.29 is 14.3 Å². The Bertz CT molecular complexity index is 664. The van der Waals surface area contributed by atoms with Gasteiger partial charge in [-0.05, 0) is 53.9 Å². The van der Waals surface area contributed by atoms with Crippen molar-refractivity contribution in [1.82, 2.24) is 5.43 Å². The predicted molar refractivity (Wildman–Crippen MR) is 94.7 cm³/mol. The number of amides is 1. The standard InChI is InChI=1S/C19H22N2O3/c1-3-12-24-18-10-6-16(7-11-18)14-20-21-19(22)13-15-4-8-17(23-2)9-5-15/h4-11,14H,3,12-13H2,1-2H3,(H,21,22). The fourth-order valence-corrected chi connectivity index (χ4v) is 2.02. The summed E-state index contributed by atoms with van der Waals surface area (Å²) in [6.07, 6.45) is 2.85. The van der Waals surface area contributed by atoms with Crippen LogP contribution in [-0.4, -0.2) is 25.8 Å². The van der Waals surface area contributed by atoms with Gasteiger partial charge in [0, 0.05) is 0 Å². The van der Waals surface area contributed by atoms with Crippen LogP contribution in [0.5, 0.6) is 11.5 Å². The van der Waals surface area contributed by atoms with Crippen LogP contribution in [0, 0.1) is 0 Å². The zero-order valence-corrected chi connectivity index (χ0v) is 14.0. The number of methoxy groups -OCH3 is 1. The Hall–Kier alpha value is -2.82. The van der Waals surface area contributed by atoms with Crippen molar-refractivity contribution in [3.8, 4) is 11.5 Å². The maximum absolute atomic E-state index is 11.9. The molecule has 0 radical (unpaired) electrons. The molecule has 0 bridgehead atoms.